The highest BCUT2D eigenvalue weighted by Crippen LogP contribution is 2.47. The molecule has 5 nitrogen and oxygen atoms in total. The Morgan fingerprint density at radius 3 is 2.53 bits per heavy atom. The van der Waals surface area contributed by atoms with E-state index in [4.69, 9.17) is 5.11 Å². The van der Waals surface area contributed by atoms with Gasteiger partial charge in [-0.15, -0.1) is 0 Å². The molecule has 86 valence electrons. The first-order valence-electron chi connectivity index (χ1n) is 5.14. The maximum atomic E-state index is 11.2. The van der Waals surface area contributed by atoms with Crippen molar-refractivity contribution in [1.29, 1.82) is 0 Å². The minimum Gasteiger partial charge on any atom is -0.480 e. The fourth-order valence-electron chi connectivity index (χ4n) is 1.40. The molecule has 0 aromatic heterocycles. The van der Waals surface area contributed by atoms with Gasteiger partial charge in [0.2, 0.25) is 5.91 Å². The minimum absolute atomic E-state index is 0.175. The maximum absolute atomic E-state index is 11.2. The van der Waals surface area contributed by atoms with Crippen LogP contribution in [0.1, 0.15) is 26.2 Å². The Balaban J connectivity index is 2.06. The molecule has 1 amide bonds. The number of hydrogen-bond acceptors (Lipinski definition) is 3. The lowest BCUT2D eigenvalue weighted by molar-refractivity contribution is -0.143. The molecule has 0 aliphatic heterocycles. The zero-order chi connectivity index (χ0) is 11.3. The normalized spacial score (nSPS) is 17.1. The van der Waals surface area contributed by atoms with Crippen LogP contribution in [0.3, 0.4) is 0 Å². The number of nitrogens with one attached hydrogen (secondary N) is 1. The van der Waals surface area contributed by atoms with Crippen LogP contribution in [-0.2, 0) is 14.3 Å². The Morgan fingerprint density at radius 1 is 1.40 bits per heavy atom. The average molecular weight is 215 g/mol. The summed E-state index contributed by atoms with van der Waals surface area (Å²) in [7, 11) is 0. The fourth-order valence-corrected chi connectivity index (χ4v) is 1.40. The molecule has 0 aromatic rings. The van der Waals surface area contributed by atoms with E-state index in [1.165, 1.54) is 12.8 Å². The Kier molecular flexibility index (Phi) is 4.08. The van der Waals surface area contributed by atoms with Gasteiger partial charge in [-0.3, -0.25) is 4.79 Å². The number of rotatable bonds is 7. The van der Waals surface area contributed by atoms with Gasteiger partial charge in [0.05, 0.1) is 0 Å². The van der Waals surface area contributed by atoms with Crippen molar-refractivity contribution >= 4 is 11.9 Å². The van der Waals surface area contributed by atoms with Crippen LogP contribution >= 0.6 is 0 Å². The largest absolute Gasteiger partial charge is 0.480 e. The number of hydrogen-bond donors (Lipinski definition) is 2. The third-order valence-electron chi connectivity index (χ3n) is 2.83. The Morgan fingerprint density at radius 2 is 2.07 bits per heavy atom. The lowest BCUT2D eigenvalue weighted by Crippen LogP contribution is -2.33. The van der Waals surface area contributed by atoms with Crippen LogP contribution in [0.4, 0.5) is 0 Å². The Bertz CT molecular complexity index is 248. The van der Waals surface area contributed by atoms with Gasteiger partial charge in [0.15, 0.2) is 0 Å². The van der Waals surface area contributed by atoms with Gasteiger partial charge in [0, 0.05) is 6.54 Å². The number of ether oxygens (including phenoxy) is 1. The molecular formula is C10H17NO4. The second-order valence-electron chi connectivity index (χ2n) is 4.02. The molecule has 5 heteroatoms. The van der Waals surface area contributed by atoms with Crippen LogP contribution in [0.2, 0.25) is 0 Å². The Hall–Kier alpha value is -1.10. The summed E-state index contributed by atoms with van der Waals surface area (Å²) in [6.45, 7) is 2.19. The average Bonchev–Trinajstić information content (AvgIpc) is 2.95. The number of carboxylic acids is 1. The van der Waals surface area contributed by atoms with Gasteiger partial charge >= 0.3 is 5.97 Å². The number of carbonyl (C=O) groups excluding carboxylic acids is 1. The smallest absolute Gasteiger partial charge is 0.329 e. The van der Waals surface area contributed by atoms with Gasteiger partial charge in [-0.25, -0.2) is 4.79 Å². The summed E-state index contributed by atoms with van der Waals surface area (Å²) < 4.78 is 4.66. The standard InChI is InChI=1S/C10H17NO4/c1-2-10(3-4-10)7-11-8(12)5-15-6-9(13)14/h2-7H2,1H3,(H,11,12)(H,13,14). The zero-order valence-electron chi connectivity index (χ0n) is 8.91. The van der Waals surface area contributed by atoms with Crippen molar-refractivity contribution in [1.82, 2.24) is 5.32 Å². The van der Waals surface area contributed by atoms with Crippen molar-refractivity contribution in [2.45, 2.75) is 26.2 Å². The van der Waals surface area contributed by atoms with E-state index in [1.807, 2.05) is 0 Å². The van der Waals surface area contributed by atoms with Crippen LogP contribution in [0.15, 0.2) is 0 Å². The molecule has 1 aliphatic rings. The molecule has 0 spiro atoms. The van der Waals surface area contributed by atoms with Gasteiger partial charge in [0.1, 0.15) is 13.2 Å². The summed E-state index contributed by atoms with van der Waals surface area (Å²) in [5.41, 5.74) is 0.308. The topological polar surface area (TPSA) is 75.6 Å². The van der Waals surface area contributed by atoms with E-state index in [2.05, 4.69) is 17.0 Å². The molecule has 2 N–H and O–H groups in total. The molecule has 1 rings (SSSR count). The summed E-state index contributed by atoms with van der Waals surface area (Å²) in [5, 5.41) is 11.0. The van der Waals surface area contributed by atoms with Gasteiger partial charge in [-0.2, -0.15) is 0 Å². The predicted molar refractivity (Wildman–Crippen MR) is 53.4 cm³/mol. The van der Waals surface area contributed by atoms with Crippen molar-refractivity contribution in [3.8, 4) is 0 Å². The van der Waals surface area contributed by atoms with Crippen LogP contribution in [0.25, 0.3) is 0 Å². The van der Waals surface area contributed by atoms with Crippen molar-refractivity contribution in [2.75, 3.05) is 19.8 Å². The number of carboxylic acid groups (broad SMARTS) is 1. The third kappa shape index (κ3) is 4.29. The highest BCUT2D eigenvalue weighted by atomic mass is 16.5. The van der Waals surface area contributed by atoms with E-state index >= 15 is 0 Å². The molecule has 0 unspecified atom stereocenters. The molecule has 0 saturated heterocycles. The van der Waals surface area contributed by atoms with Crippen molar-refractivity contribution in [2.24, 2.45) is 5.41 Å². The SMILES string of the molecule is CCC1(CNC(=O)COCC(=O)O)CC1. The number of amides is 1. The van der Waals surface area contributed by atoms with E-state index in [0.29, 0.717) is 12.0 Å². The van der Waals surface area contributed by atoms with Crippen molar-refractivity contribution in [3.63, 3.8) is 0 Å². The lowest BCUT2D eigenvalue weighted by atomic mass is 10.0. The quantitative estimate of drug-likeness (QED) is 0.644. The second-order valence-corrected chi connectivity index (χ2v) is 4.02. The minimum atomic E-state index is -1.06. The second kappa shape index (κ2) is 5.11. The Labute approximate surface area is 88.8 Å². The first kappa shape index (κ1) is 12.0. The molecular weight excluding hydrogens is 198 g/mol. The lowest BCUT2D eigenvalue weighted by Gasteiger charge is -2.13. The summed E-state index contributed by atoms with van der Waals surface area (Å²) in [4.78, 5) is 21.3. The maximum Gasteiger partial charge on any atom is 0.329 e. The van der Waals surface area contributed by atoms with Crippen LogP contribution in [-0.4, -0.2) is 36.7 Å². The van der Waals surface area contributed by atoms with Gasteiger partial charge in [-0.05, 0) is 24.7 Å². The number of carbonyl (C=O) groups is 2. The van der Waals surface area contributed by atoms with E-state index < -0.39 is 12.6 Å². The molecule has 1 aliphatic carbocycles. The van der Waals surface area contributed by atoms with Gasteiger partial charge < -0.3 is 15.2 Å². The van der Waals surface area contributed by atoms with E-state index in [0.717, 1.165) is 6.42 Å². The molecule has 0 radical (unpaired) electrons. The summed E-state index contributed by atoms with van der Waals surface area (Å²) >= 11 is 0. The summed E-state index contributed by atoms with van der Waals surface area (Å²) in [6.07, 6.45) is 3.41. The highest BCUT2D eigenvalue weighted by Gasteiger charge is 2.40. The van der Waals surface area contributed by atoms with Crippen molar-refractivity contribution in [3.05, 3.63) is 0 Å². The highest BCUT2D eigenvalue weighted by molar-refractivity contribution is 5.77. The first-order chi connectivity index (χ1) is 7.08. The first-order valence-corrected chi connectivity index (χ1v) is 5.14. The third-order valence-corrected chi connectivity index (χ3v) is 2.83. The molecule has 1 fully saturated rings. The fraction of sp³-hybridized carbons (Fsp3) is 0.800. The summed E-state index contributed by atoms with van der Waals surface area (Å²) in [5.74, 6) is -1.30. The van der Waals surface area contributed by atoms with E-state index in [-0.39, 0.29) is 12.5 Å². The predicted octanol–water partition coefficient (Wildman–Crippen LogP) is 0.394. The molecule has 0 aromatic carbocycles. The molecule has 15 heavy (non-hydrogen) atoms. The van der Waals surface area contributed by atoms with E-state index in [1.54, 1.807) is 0 Å². The molecule has 0 bridgehead atoms. The zero-order valence-corrected chi connectivity index (χ0v) is 8.91. The molecule has 1 saturated carbocycles. The van der Waals surface area contributed by atoms with Gasteiger partial charge in [0.25, 0.3) is 0 Å². The van der Waals surface area contributed by atoms with Crippen LogP contribution < -0.4 is 5.32 Å². The number of aliphatic carboxylic acids is 1. The summed E-state index contributed by atoms with van der Waals surface area (Å²) in [6, 6.07) is 0. The molecule has 0 atom stereocenters. The van der Waals surface area contributed by atoms with E-state index in [9.17, 15) is 9.59 Å². The van der Waals surface area contributed by atoms with Crippen LogP contribution in [0.5, 0.6) is 0 Å². The monoisotopic (exact) mass is 215 g/mol. The molecule has 0 heterocycles. The van der Waals surface area contributed by atoms with Crippen molar-refractivity contribution < 1.29 is 19.4 Å². The van der Waals surface area contributed by atoms with Gasteiger partial charge in [-0.1, -0.05) is 6.92 Å². The van der Waals surface area contributed by atoms with Crippen LogP contribution in [0, 0.1) is 5.41 Å².